The van der Waals surface area contributed by atoms with Crippen molar-refractivity contribution in [1.29, 1.82) is 0 Å². The van der Waals surface area contributed by atoms with Gasteiger partial charge < -0.3 is 25.0 Å². The summed E-state index contributed by atoms with van der Waals surface area (Å²) in [5.41, 5.74) is 0.226. The van der Waals surface area contributed by atoms with Crippen molar-refractivity contribution in [2.24, 2.45) is 5.92 Å². The van der Waals surface area contributed by atoms with E-state index in [0.717, 1.165) is 30.4 Å². The van der Waals surface area contributed by atoms with Crippen molar-refractivity contribution in [2.75, 3.05) is 0 Å². The quantitative estimate of drug-likeness (QED) is 0.126. The number of aromatic hydroxyl groups is 1. The van der Waals surface area contributed by atoms with E-state index in [4.69, 9.17) is 9.47 Å². The molecule has 1 aromatic carbocycles. The zero-order chi connectivity index (χ0) is 37.5. The molecule has 0 atom stereocenters. The van der Waals surface area contributed by atoms with Gasteiger partial charge in [0.05, 0.1) is 0 Å². The summed E-state index contributed by atoms with van der Waals surface area (Å²) in [5, 5.41) is 35.3. The molecule has 2 aliphatic heterocycles. The maximum absolute atomic E-state index is 13.8. The molecule has 0 bridgehead atoms. The summed E-state index contributed by atoms with van der Waals surface area (Å²) in [5.74, 6) is -1.84. The molecule has 2 heterocycles. The SMILES string of the molecule is CC(C)(C)c1cc(CCCCCC(C(=O)OC2CC(C)(C)N(O)C(C)(C)C2)C(=O)OC2CC(C)(C)N(O)C(C)(C)C2)cc(C(C)(C)C)c1O. The minimum absolute atomic E-state index is 0.204. The molecular formula is C40H68N2O7. The number of esters is 2. The van der Waals surface area contributed by atoms with E-state index in [1.165, 1.54) is 15.7 Å². The molecule has 2 fully saturated rings. The topological polar surface area (TPSA) is 120 Å². The van der Waals surface area contributed by atoms with Crippen molar-refractivity contribution < 1.29 is 34.6 Å². The molecule has 0 amide bonds. The first-order valence-corrected chi connectivity index (χ1v) is 18.3. The number of nitrogens with zero attached hydrogens (tertiary/aromatic N) is 2. The van der Waals surface area contributed by atoms with Gasteiger partial charge in [-0.1, -0.05) is 66.5 Å². The van der Waals surface area contributed by atoms with Crippen molar-refractivity contribution in [3.8, 4) is 5.75 Å². The lowest BCUT2D eigenvalue weighted by atomic mass is 9.78. The smallest absolute Gasteiger partial charge is 0.320 e. The minimum atomic E-state index is -1.06. The van der Waals surface area contributed by atoms with E-state index < -0.39 is 52.2 Å². The molecule has 3 N–H and O–H groups in total. The van der Waals surface area contributed by atoms with E-state index in [9.17, 15) is 25.1 Å². The molecule has 2 aliphatic rings. The van der Waals surface area contributed by atoms with Gasteiger partial charge in [-0.3, -0.25) is 9.59 Å². The second-order valence-electron chi connectivity index (χ2n) is 19.5. The van der Waals surface area contributed by atoms with E-state index >= 15 is 0 Å². The number of hydroxylamine groups is 4. The summed E-state index contributed by atoms with van der Waals surface area (Å²) in [4.78, 5) is 27.6. The number of phenols is 1. The number of benzene rings is 1. The lowest BCUT2D eigenvalue weighted by molar-refractivity contribution is -0.261. The lowest BCUT2D eigenvalue weighted by Gasteiger charge is -2.51. The van der Waals surface area contributed by atoms with Gasteiger partial charge >= 0.3 is 11.9 Å². The first kappa shape index (κ1) is 41.2. The van der Waals surface area contributed by atoms with Gasteiger partial charge in [-0.05, 0) is 102 Å². The Morgan fingerprint density at radius 1 is 0.694 bits per heavy atom. The van der Waals surface area contributed by atoms with Gasteiger partial charge in [-0.2, -0.15) is 10.1 Å². The molecule has 49 heavy (non-hydrogen) atoms. The monoisotopic (exact) mass is 689 g/mol. The number of piperidine rings is 2. The first-order valence-electron chi connectivity index (χ1n) is 18.3. The van der Waals surface area contributed by atoms with Crippen LogP contribution in [0.1, 0.15) is 165 Å². The fourth-order valence-electron chi connectivity index (χ4n) is 8.19. The number of carbonyl (C=O) groups is 2. The highest BCUT2D eigenvalue weighted by atomic mass is 16.6. The Morgan fingerprint density at radius 2 is 1.04 bits per heavy atom. The fourth-order valence-corrected chi connectivity index (χ4v) is 8.19. The molecule has 0 radical (unpaired) electrons. The average Bonchev–Trinajstić information content (AvgIpc) is 2.90. The second kappa shape index (κ2) is 14.4. The summed E-state index contributed by atoms with van der Waals surface area (Å²) >= 11 is 0. The third kappa shape index (κ3) is 9.99. The van der Waals surface area contributed by atoms with Crippen molar-refractivity contribution in [3.63, 3.8) is 0 Å². The van der Waals surface area contributed by atoms with Gasteiger partial charge in [0, 0.05) is 47.8 Å². The summed E-state index contributed by atoms with van der Waals surface area (Å²) in [6.45, 7) is 28.0. The summed E-state index contributed by atoms with van der Waals surface area (Å²) in [7, 11) is 0. The molecule has 1 aromatic rings. The van der Waals surface area contributed by atoms with Gasteiger partial charge in [0.25, 0.3) is 0 Å². The second-order valence-corrected chi connectivity index (χ2v) is 19.5. The number of ether oxygens (including phenoxy) is 2. The van der Waals surface area contributed by atoms with Crippen LogP contribution in [-0.2, 0) is 36.3 Å². The lowest BCUT2D eigenvalue weighted by Crippen LogP contribution is -2.61. The number of aryl methyl sites for hydroxylation is 1. The van der Waals surface area contributed by atoms with Gasteiger partial charge in [-0.15, -0.1) is 0 Å². The molecule has 0 saturated carbocycles. The Morgan fingerprint density at radius 3 is 1.37 bits per heavy atom. The third-order valence-corrected chi connectivity index (χ3v) is 10.6. The number of rotatable bonds is 10. The van der Waals surface area contributed by atoms with Crippen LogP contribution < -0.4 is 0 Å². The Bertz CT molecular complexity index is 1210. The van der Waals surface area contributed by atoms with Crippen LogP contribution in [0.3, 0.4) is 0 Å². The molecular weight excluding hydrogens is 620 g/mol. The minimum Gasteiger partial charge on any atom is -0.507 e. The number of hydrogen-bond acceptors (Lipinski definition) is 9. The molecule has 2 saturated heterocycles. The van der Waals surface area contributed by atoms with Crippen LogP contribution in [0.25, 0.3) is 0 Å². The van der Waals surface area contributed by atoms with Crippen LogP contribution >= 0.6 is 0 Å². The summed E-state index contributed by atoms with van der Waals surface area (Å²) < 4.78 is 12.1. The van der Waals surface area contributed by atoms with Crippen LogP contribution in [0.5, 0.6) is 5.75 Å². The van der Waals surface area contributed by atoms with Crippen LogP contribution in [0, 0.1) is 5.92 Å². The van der Waals surface area contributed by atoms with E-state index in [0.29, 0.717) is 44.3 Å². The van der Waals surface area contributed by atoms with Gasteiger partial charge in [-0.25, -0.2) is 0 Å². The summed E-state index contributed by atoms with van der Waals surface area (Å²) in [6.07, 6.45) is 4.31. The maximum atomic E-state index is 13.8. The van der Waals surface area contributed by atoms with Crippen LogP contribution in [0.15, 0.2) is 12.1 Å². The Labute approximate surface area is 296 Å². The molecule has 3 rings (SSSR count). The largest absolute Gasteiger partial charge is 0.507 e. The van der Waals surface area contributed by atoms with E-state index in [2.05, 4.69) is 53.7 Å². The number of phenolic OH excluding ortho intramolecular Hbond substituents is 1. The molecule has 0 unspecified atom stereocenters. The Kier molecular flexibility index (Phi) is 12.1. The normalized spacial score (nSPS) is 21.9. The predicted molar refractivity (Wildman–Crippen MR) is 193 cm³/mol. The number of hydrogen-bond donors (Lipinski definition) is 3. The molecule has 280 valence electrons. The van der Waals surface area contributed by atoms with E-state index in [1.54, 1.807) is 0 Å². The fraction of sp³-hybridized carbons (Fsp3) is 0.800. The van der Waals surface area contributed by atoms with Crippen molar-refractivity contribution in [3.05, 3.63) is 28.8 Å². The molecule has 0 aliphatic carbocycles. The highest BCUT2D eigenvalue weighted by Gasteiger charge is 2.49. The highest BCUT2D eigenvalue weighted by Crippen LogP contribution is 2.42. The molecule has 0 aromatic heterocycles. The van der Waals surface area contributed by atoms with Crippen LogP contribution in [0.4, 0.5) is 0 Å². The van der Waals surface area contributed by atoms with Crippen molar-refractivity contribution >= 4 is 11.9 Å². The van der Waals surface area contributed by atoms with Crippen molar-refractivity contribution in [1.82, 2.24) is 10.1 Å². The molecule has 9 nitrogen and oxygen atoms in total. The Balaban J connectivity index is 1.75. The van der Waals surface area contributed by atoms with E-state index in [1.807, 2.05) is 55.4 Å². The standard InChI is InChI=1S/C40H68N2O7/c1-35(2,3)30-20-26(21-31(32(30)43)36(4,5)6)18-16-15-17-19-29(33(44)48-27-22-37(7,8)41(46)38(9,10)23-27)34(45)49-28-24-39(11,12)42(47)40(13,14)25-28/h20-21,27-29,43,46-47H,15-19,22-25H2,1-14H3. The van der Waals surface area contributed by atoms with Crippen LogP contribution in [0.2, 0.25) is 0 Å². The van der Waals surface area contributed by atoms with Gasteiger partial charge in [0.1, 0.15) is 18.0 Å². The van der Waals surface area contributed by atoms with Crippen molar-refractivity contribution in [2.45, 2.75) is 200 Å². The predicted octanol–water partition coefficient (Wildman–Crippen LogP) is 8.61. The number of carbonyl (C=O) groups excluding carboxylic acids is 2. The highest BCUT2D eigenvalue weighted by molar-refractivity contribution is 5.95. The molecule has 0 spiro atoms. The van der Waals surface area contributed by atoms with Gasteiger partial charge in [0.15, 0.2) is 5.92 Å². The third-order valence-electron chi connectivity index (χ3n) is 10.6. The zero-order valence-corrected chi connectivity index (χ0v) is 33.1. The molecule has 9 heteroatoms. The van der Waals surface area contributed by atoms with Crippen LogP contribution in [-0.4, -0.2) is 71.9 Å². The van der Waals surface area contributed by atoms with Gasteiger partial charge in [0.2, 0.25) is 0 Å². The zero-order valence-electron chi connectivity index (χ0n) is 33.1. The average molecular weight is 689 g/mol. The maximum Gasteiger partial charge on any atom is 0.320 e. The van der Waals surface area contributed by atoms with E-state index in [-0.39, 0.29) is 10.8 Å². The number of unbranched alkanes of at least 4 members (excludes halogenated alkanes) is 2. The summed E-state index contributed by atoms with van der Waals surface area (Å²) in [6, 6.07) is 4.23. The Hall–Kier alpha value is -2.20. The first-order chi connectivity index (χ1) is 22.1.